The van der Waals surface area contributed by atoms with Crippen LogP contribution in [0.2, 0.25) is 0 Å². The van der Waals surface area contributed by atoms with E-state index in [-0.39, 0.29) is 18.1 Å². The highest BCUT2D eigenvalue weighted by Gasteiger charge is 2.19. The highest BCUT2D eigenvalue weighted by atomic mass is 79.9. The van der Waals surface area contributed by atoms with Gasteiger partial charge in [-0.15, -0.1) is 0 Å². The van der Waals surface area contributed by atoms with E-state index >= 15 is 0 Å². The van der Waals surface area contributed by atoms with E-state index in [1.807, 2.05) is 19.1 Å². The Morgan fingerprint density at radius 1 is 1.26 bits per heavy atom. The van der Waals surface area contributed by atoms with E-state index in [2.05, 4.69) is 26.0 Å². The summed E-state index contributed by atoms with van der Waals surface area (Å²) in [7, 11) is 1.53. The Hall–Kier alpha value is -3.24. The average molecular weight is 543 g/mol. The number of hydrogen-bond donors (Lipinski definition) is 0. The summed E-state index contributed by atoms with van der Waals surface area (Å²) >= 11 is 3.42. The number of para-hydroxylation sites is 1. The summed E-state index contributed by atoms with van der Waals surface area (Å²) in [6, 6.07) is 10.7. The number of nitrogens with zero attached hydrogens (tertiary/aromatic N) is 4. The Morgan fingerprint density at radius 2 is 2.06 bits per heavy atom. The van der Waals surface area contributed by atoms with Crippen molar-refractivity contribution in [2.75, 3.05) is 40.0 Å². The van der Waals surface area contributed by atoms with Gasteiger partial charge in [-0.1, -0.05) is 28.9 Å². The third kappa shape index (κ3) is 5.71. The van der Waals surface area contributed by atoms with Gasteiger partial charge in [0.25, 0.3) is 11.5 Å². The fraction of sp³-hybridized carbons (Fsp3) is 0.360. The number of morpholine rings is 1. The van der Waals surface area contributed by atoms with E-state index in [9.17, 15) is 9.59 Å². The predicted molar refractivity (Wildman–Crippen MR) is 137 cm³/mol. The zero-order chi connectivity index (χ0) is 24.8. The third-order valence-electron chi connectivity index (χ3n) is 5.59. The van der Waals surface area contributed by atoms with Crippen LogP contribution in [0, 0.1) is 0 Å². The van der Waals surface area contributed by atoms with Crippen molar-refractivity contribution in [3.05, 3.63) is 62.6 Å². The van der Waals surface area contributed by atoms with Gasteiger partial charge < -0.3 is 19.1 Å². The lowest BCUT2D eigenvalue weighted by molar-refractivity contribution is -0.137. The van der Waals surface area contributed by atoms with Crippen LogP contribution in [0.3, 0.4) is 0 Å². The SMILES string of the molecule is CCCc1nc2ccc(Br)cc2c(=O)n1N=Cc1cccc(OC)c1OCC(=O)N1CCOCC1. The van der Waals surface area contributed by atoms with Gasteiger partial charge in [-0.05, 0) is 36.8 Å². The highest BCUT2D eigenvalue weighted by Crippen LogP contribution is 2.30. The van der Waals surface area contributed by atoms with Gasteiger partial charge in [0.1, 0.15) is 5.82 Å². The molecule has 4 rings (SSSR count). The Morgan fingerprint density at radius 3 is 2.80 bits per heavy atom. The molecule has 1 amide bonds. The summed E-state index contributed by atoms with van der Waals surface area (Å²) in [4.78, 5) is 32.2. The zero-order valence-electron chi connectivity index (χ0n) is 19.7. The number of halogens is 1. The molecule has 0 saturated carbocycles. The monoisotopic (exact) mass is 542 g/mol. The molecule has 1 aliphatic rings. The molecule has 10 heteroatoms. The molecular weight excluding hydrogens is 516 g/mol. The number of aryl methyl sites for hydroxylation is 1. The second-order valence-corrected chi connectivity index (χ2v) is 8.88. The molecule has 1 fully saturated rings. The van der Waals surface area contributed by atoms with Crippen LogP contribution in [0.25, 0.3) is 10.9 Å². The van der Waals surface area contributed by atoms with Crippen molar-refractivity contribution >= 4 is 39.0 Å². The maximum Gasteiger partial charge on any atom is 0.282 e. The lowest BCUT2D eigenvalue weighted by Gasteiger charge is -2.27. The molecule has 3 aromatic rings. The molecule has 0 bridgehead atoms. The number of rotatable bonds is 8. The minimum Gasteiger partial charge on any atom is -0.493 e. The van der Waals surface area contributed by atoms with Crippen LogP contribution >= 0.6 is 15.9 Å². The molecule has 1 saturated heterocycles. The summed E-state index contributed by atoms with van der Waals surface area (Å²) in [5.74, 6) is 1.27. The number of methoxy groups -OCH3 is 1. The molecule has 2 heterocycles. The second-order valence-electron chi connectivity index (χ2n) is 7.96. The number of hydrogen-bond acceptors (Lipinski definition) is 7. The maximum atomic E-state index is 13.3. The van der Waals surface area contributed by atoms with E-state index in [4.69, 9.17) is 14.2 Å². The van der Waals surface area contributed by atoms with Crippen LogP contribution < -0.4 is 15.0 Å². The number of carbonyl (C=O) groups is 1. The van der Waals surface area contributed by atoms with Gasteiger partial charge in [-0.3, -0.25) is 9.59 Å². The molecule has 9 nitrogen and oxygen atoms in total. The molecule has 0 radical (unpaired) electrons. The van der Waals surface area contributed by atoms with Crippen LogP contribution in [-0.4, -0.2) is 66.7 Å². The van der Waals surface area contributed by atoms with Crippen molar-refractivity contribution in [3.8, 4) is 11.5 Å². The molecule has 1 aromatic heterocycles. The Bertz CT molecular complexity index is 1300. The minimum atomic E-state index is -0.260. The number of benzene rings is 2. The molecule has 1 aliphatic heterocycles. The van der Waals surface area contributed by atoms with Crippen molar-refractivity contribution in [2.45, 2.75) is 19.8 Å². The van der Waals surface area contributed by atoms with Crippen molar-refractivity contribution < 1.29 is 19.0 Å². The number of aromatic nitrogens is 2. The predicted octanol–water partition coefficient (Wildman–Crippen LogP) is 3.24. The summed E-state index contributed by atoms with van der Waals surface area (Å²) in [5.41, 5.74) is 0.937. The van der Waals surface area contributed by atoms with Gasteiger partial charge in [0, 0.05) is 29.5 Å². The summed E-state index contributed by atoms with van der Waals surface area (Å²) in [5, 5.41) is 4.95. The van der Waals surface area contributed by atoms with Crippen molar-refractivity contribution in [2.24, 2.45) is 5.10 Å². The standard InChI is InChI=1S/C25H27BrN4O5/c1-3-5-22-28-20-9-8-18(26)14-19(20)25(32)30(22)27-15-17-6-4-7-21(33-2)24(17)35-16-23(31)29-10-12-34-13-11-29/h4,6-9,14-15H,3,5,10-13,16H2,1-2H3. The lowest BCUT2D eigenvalue weighted by atomic mass is 10.2. The number of amides is 1. The van der Waals surface area contributed by atoms with E-state index in [1.165, 1.54) is 18.0 Å². The lowest BCUT2D eigenvalue weighted by Crippen LogP contribution is -2.43. The summed E-state index contributed by atoms with van der Waals surface area (Å²) in [6.07, 6.45) is 2.93. The smallest absolute Gasteiger partial charge is 0.282 e. The maximum absolute atomic E-state index is 13.3. The highest BCUT2D eigenvalue weighted by molar-refractivity contribution is 9.10. The zero-order valence-corrected chi connectivity index (χ0v) is 21.3. The summed E-state index contributed by atoms with van der Waals surface area (Å²) < 4.78 is 18.8. The molecule has 0 spiro atoms. The topological polar surface area (TPSA) is 95.2 Å². The van der Waals surface area contributed by atoms with Crippen molar-refractivity contribution in [1.29, 1.82) is 0 Å². The summed E-state index contributed by atoms with van der Waals surface area (Å²) in [6.45, 7) is 3.99. The average Bonchev–Trinajstić information content (AvgIpc) is 2.88. The Labute approximate surface area is 211 Å². The van der Waals surface area contributed by atoms with Gasteiger partial charge >= 0.3 is 0 Å². The first-order valence-electron chi connectivity index (χ1n) is 11.4. The molecule has 184 valence electrons. The third-order valence-corrected chi connectivity index (χ3v) is 6.09. The van der Waals surface area contributed by atoms with Crippen LogP contribution in [-0.2, 0) is 16.0 Å². The van der Waals surface area contributed by atoms with Crippen LogP contribution in [0.5, 0.6) is 11.5 Å². The number of carbonyl (C=O) groups excluding carboxylic acids is 1. The molecule has 0 N–H and O–H groups in total. The number of fused-ring (bicyclic) bond motifs is 1. The fourth-order valence-electron chi connectivity index (χ4n) is 3.81. The Kier molecular flexibility index (Phi) is 8.14. The van der Waals surface area contributed by atoms with Gasteiger partial charge in [0.2, 0.25) is 0 Å². The van der Waals surface area contributed by atoms with Crippen LogP contribution in [0.15, 0.2) is 50.8 Å². The van der Waals surface area contributed by atoms with Gasteiger partial charge in [0.15, 0.2) is 18.1 Å². The normalized spacial score (nSPS) is 14.0. The molecular formula is C25H27BrN4O5. The van der Waals surface area contributed by atoms with E-state index in [0.29, 0.717) is 66.5 Å². The minimum absolute atomic E-state index is 0.132. The largest absolute Gasteiger partial charge is 0.493 e. The first-order valence-corrected chi connectivity index (χ1v) is 12.2. The van der Waals surface area contributed by atoms with Crippen LogP contribution in [0.4, 0.5) is 0 Å². The van der Waals surface area contributed by atoms with Crippen molar-refractivity contribution in [1.82, 2.24) is 14.6 Å². The first-order chi connectivity index (χ1) is 17.0. The van der Waals surface area contributed by atoms with Crippen LogP contribution in [0.1, 0.15) is 24.7 Å². The second kappa shape index (κ2) is 11.5. The molecule has 35 heavy (non-hydrogen) atoms. The van der Waals surface area contributed by atoms with E-state index < -0.39 is 0 Å². The first kappa shape index (κ1) is 24.9. The molecule has 0 aliphatic carbocycles. The molecule has 0 atom stereocenters. The van der Waals surface area contributed by atoms with E-state index in [0.717, 1.165) is 10.9 Å². The van der Waals surface area contributed by atoms with Crippen molar-refractivity contribution in [3.63, 3.8) is 0 Å². The van der Waals surface area contributed by atoms with E-state index in [1.54, 1.807) is 29.2 Å². The van der Waals surface area contributed by atoms with Gasteiger partial charge in [-0.2, -0.15) is 9.78 Å². The number of ether oxygens (including phenoxy) is 3. The van der Waals surface area contributed by atoms with Gasteiger partial charge in [-0.25, -0.2) is 4.98 Å². The quantitative estimate of drug-likeness (QED) is 0.405. The molecule has 2 aromatic carbocycles. The molecule has 0 unspecified atom stereocenters. The Balaban J connectivity index is 1.67. The van der Waals surface area contributed by atoms with Gasteiger partial charge in [0.05, 0.1) is 37.4 Å². The fourth-order valence-corrected chi connectivity index (χ4v) is 4.17.